The van der Waals surface area contributed by atoms with Crippen LogP contribution in [0.2, 0.25) is 0 Å². The molecular formula is C22H24. The van der Waals surface area contributed by atoms with Crippen molar-refractivity contribution in [3.63, 3.8) is 0 Å². The molecule has 112 valence electrons. The van der Waals surface area contributed by atoms with Gasteiger partial charge in [-0.05, 0) is 46.4 Å². The Morgan fingerprint density at radius 2 is 1.41 bits per heavy atom. The Morgan fingerprint density at radius 1 is 0.636 bits per heavy atom. The first kappa shape index (κ1) is 14.8. The normalized spacial score (nSPS) is 11.0. The van der Waals surface area contributed by atoms with Crippen LogP contribution >= 0.6 is 0 Å². The van der Waals surface area contributed by atoms with E-state index in [1.165, 1.54) is 59.6 Å². The number of fused-ring (bicyclic) bond motifs is 1. The first-order chi connectivity index (χ1) is 10.9. The molecule has 0 atom stereocenters. The lowest BCUT2D eigenvalue weighted by Gasteiger charge is -2.07. The average molecular weight is 288 g/mol. The van der Waals surface area contributed by atoms with E-state index >= 15 is 0 Å². The second kappa shape index (κ2) is 7.26. The van der Waals surface area contributed by atoms with Crippen LogP contribution in [0.3, 0.4) is 0 Å². The summed E-state index contributed by atoms with van der Waals surface area (Å²) in [6, 6.07) is 24.3. The van der Waals surface area contributed by atoms with E-state index in [4.69, 9.17) is 0 Å². The monoisotopic (exact) mass is 288 g/mol. The molecule has 0 bridgehead atoms. The topological polar surface area (TPSA) is 0 Å². The van der Waals surface area contributed by atoms with Crippen LogP contribution in [-0.2, 0) is 6.42 Å². The lowest BCUT2D eigenvalue weighted by Crippen LogP contribution is -1.87. The van der Waals surface area contributed by atoms with Crippen molar-refractivity contribution in [1.82, 2.24) is 0 Å². The lowest BCUT2D eigenvalue weighted by atomic mass is 9.98. The molecule has 22 heavy (non-hydrogen) atoms. The molecule has 3 aromatic carbocycles. The van der Waals surface area contributed by atoms with Crippen LogP contribution < -0.4 is 0 Å². The van der Waals surface area contributed by atoms with E-state index in [1.807, 2.05) is 0 Å². The Hall–Kier alpha value is -2.08. The molecule has 0 N–H and O–H groups in total. The van der Waals surface area contributed by atoms with Gasteiger partial charge in [0.25, 0.3) is 0 Å². The van der Waals surface area contributed by atoms with Crippen LogP contribution in [0.15, 0.2) is 66.7 Å². The average Bonchev–Trinajstić information content (AvgIpc) is 2.59. The first-order valence-corrected chi connectivity index (χ1v) is 8.45. The summed E-state index contributed by atoms with van der Waals surface area (Å²) in [7, 11) is 0. The van der Waals surface area contributed by atoms with E-state index in [0.29, 0.717) is 0 Å². The third kappa shape index (κ3) is 3.57. The second-order valence-corrected chi connectivity index (χ2v) is 6.07. The maximum absolute atomic E-state index is 2.36. The summed E-state index contributed by atoms with van der Waals surface area (Å²) in [5, 5.41) is 2.69. The highest BCUT2D eigenvalue weighted by Gasteiger charge is 2.01. The molecule has 0 amide bonds. The first-order valence-electron chi connectivity index (χ1n) is 8.45. The molecule has 3 rings (SSSR count). The van der Waals surface area contributed by atoms with Gasteiger partial charge in [0.15, 0.2) is 0 Å². The van der Waals surface area contributed by atoms with Gasteiger partial charge in [-0.3, -0.25) is 0 Å². The number of hydrogen-bond donors (Lipinski definition) is 0. The Bertz CT molecular complexity index is 725. The molecule has 0 fully saturated rings. The minimum atomic E-state index is 1.20. The van der Waals surface area contributed by atoms with Crippen LogP contribution in [0.4, 0.5) is 0 Å². The zero-order chi connectivity index (χ0) is 15.2. The summed E-state index contributed by atoms with van der Waals surface area (Å²) in [6.07, 6.45) is 6.52. The molecule has 0 aliphatic carbocycles. The molecule has 0 unspecified atom stereocenters. The van der Waals surface area contributed by atoms with Crippen molar-refractivity contribution in [3.05, 3.63) is 72.3 Å². The summed E-state index contributed by atoms with van der Waals surface area (Å²) in [5.74, 6) is 0. The van der Waals surface area contributed by atoms with Crippen molar-refractivity contribution in [3.8, 4) is 11.1 Å². The quantitative estimate of drug-likeness (QED) is 0.446. The summed E-state index contributed by atoms with van der Waals surface area (Å²) in [5.41, 5.74) is 4.05. The van der Waals surface area contributed by atoms with E-state index in [0.717, 1.165) is 0 Å². The van der Waals surface area contributed by atoms with Gasteiger partial charge < -0.3 is 0 Å². The Balaban J connectivity index is 1.79. The fourth-order valence-corrected chi connectivity index (χ4v) is 3.02. The van der Waals surface area contributed by atoms with Crippen molar-refractivity contribution in [2.75, 3.05) is 0 Å². The highest BCUT2D eigenvalue weighted by atomic mass is 14.1. The van der Waals surface area contributed by atoms with Gasteiger partial charge >= 0.3 is 0 Å². The van der Waals surface area contributed by atoms with Gasteiger partial charge in [0.2, 0.25) is 0 Å². The predicted octanol–water partition coefficient (Wildman–Crippen LogP) is 6.63. The molecule has 0 saturated carbocycles. The van der Waals surface area contributed by atoms with E-state index in [9.17, 15) is 0 Å². The number of unbranched alkanes of at least 4 members (excludes halogenated alkanes) is 3. The third-order valence-electron chi connectivity index (χ3n) is 4.33. The minimum absolute atomic E-state index is 1.20. The smallest absolute Gasteiger partial charge is 0.0178 e. The van der Waals surface area contributed by atoms with E-state index < -0.39 is 0 Å². The largest absolute Gasteiger partial charge is 0.0654 e. The van der Waals surface area contributed by atoms with Gasteiger partial charge in [-0.2, -0.15) is 0 Å². The van der Waals surface area contributed by atoms with Crippen molar-refractivity contribution in [2.24, 2.45) is 0 Å². The van der Waals surface area contributed by atoms with Crippen molar-refractivity contribution in [2.45, 2.75) is 39.0 Å². The fourth-order valence-electron chi connectivity index (χ4n) is 3.02. The highest BCUT2D eigenvalue weighted by Crippen LogP contribution is 2.25. The van der Waals surface area contributed by atoms with Crippen molar-refractivity contribution in [1.29, 1.82) is 0 Å². The number of hydrogen-bond acceptors (Lipinski definition) is 0. The van der Waals surface area contributed by atoms with Gasteiger partial charge in [-0.1, -0.05) is 86.8 Å². The molecule has 0 nitrogen and oxygen atoms in total. The summed E-state index contributed by atoms with van der Waals surface area (Å²) in [6.45, 7) is 2.26. The number of rotatable bonds is 6. The molecule has 0 heterocycles. The standard InChI is InChI=1S/C22H24/c1-2-3-4-6-9-18-12-13-22-17-21(15-14-20(22)16-18)19-10-7-5-8-11-19/h5,7-8,10-17H,2-4,6,9H2,1H3. The van der Waals surface area contributed by atoms with Crippen LogP contribution in [0.25, 0.3) is 21.9 Å². The van der Waals surface area contributed by atoms with E-state index in [1.54, 1.807) is 0 Å². The Morgan fingerprint density at radius 3 is 2.23 bits per heavy atom. The molecule has 0 spiro atoms. The van der Waals surface area contributed by atoms with Crippen LogP contribution in [0, 0.1) is 0 Å². The molecular weight excluding hydrogens is 264 g/mol. The molecule has 0 radical (unpaired) electrons. The number of aryl methyl sites for hydroxylation is 1. The van der Waals surface area contributed by atoms with Crippen LogP contribution in [0.1, 0.15) is 38.2 Å². The predicted molar refractivity (Wildman–Crippen MR) is 97.2 cm³/mol. The van der Waals surface area contributed by atoms with E-state index in [2.05, 4.69) is 73.7 Å². The van der Waals surface area contributed by atoms with Crippen LogP contribution in [0.5, 0.6) is 0 Å². The van der Waals surface area contributed by atoms with Crippen molar-refractivity contribution < 1.29 is 0 Å². The molecule has 0 aliphatic heterocycles. The van der Waals surface area contributed by atoms with Gasteiger partial charge in [0, 0.05) is 0 Å². The Labute approximate surface area is 133 Å². The number of benzene rings is 3. The zero-order valence-electron chi connectivity index (χ0n) is 13.4. The van der Waals surface area contributed by atoms with Gasteiger partial charge in [-0.25, -0.2) is 0 Å². The fraction of sp³-hybridized carbons (Fsp3) is 0.273. The third-order valence-corrected chi connectivity index (χ3v) is 4.33. The Kier molecular flexibility index (Phi) is 4.90. The maximum Gasteiger partial charge on any atom is -0.0178 e. The lowest BCUT2D eigenvalue weighted by molar-refractivity contribution is 0.667. The molecule has 0 aromatic heterocycles. The maximum atomic E-state index is 2.36. The highest BCUT2D eigenvalue weighted by molar-refractivity contribution is 5.87. The minimum Gasteiger partial charge on any atom is -0.0654 e. The molecule has 0 aliphatic rings. The van der Waals surface area contributed by atoms with E-state index in [-0.39, 0.29) is 0 Å². The molecule has 3 aromatic rings. The molecule has 0 heteroatoms. The van der Waals surface area contributed by atoms with Crippen LogP contribution in [-0.4, -0.2) is 0 Å². The SMILES string of the molecule is CCCCCCc1ccc2cc(-c3ccccc3)ccc2c1. The van der Waals surface area contributed by atoms with Gasteiger partial charge in [-0.15, -0.1) is 0 Å². The molecule has 0 saturated heterocycles. The summed E-state index contributed by atoms with van der Waals surface area (Å²) in [4.78, 5) is 0. The van der Waals surface area contributed by atoms with Crippen molar-refractivity contribution >= 4 is 10.8 Å². The zero-order valence-corrected chi connectivity index (χ0v) is 13.4. The van der Waals surface area contributed by atoms with Gasteiger partial charge in [0.1, 0.15) is 0 Å². The van der Waals surface area contributed by atoms with Gasteiger partial charge in [0.05, 0.1) is 0 Å². The summed E-state index contributed by atoms with van der Waals surface area (Å²) < 4.78 is 0. The second-order valence-electron chi connectivity index (χ2n) is 6.07. The summed E-state index contributed by atoms with van der Waals surface area (Å²) >= 11 is 0.